The summed E-state index contributed by atoms with van der Waals surface area (Å²) in [7, 11) is 2.12. The van der Waals surface area contributed by atoms with Crippen molar-refractivity contribution in [2.75, 3.05) is 33.4 Å². The molecule has 0 heterocycles. The second kappa shape index (κ2) is 8.71. The first-order valence-electron chi connectivity index (χ1n) is 7.42. The van der Waals surface area contributed by atoms with Crippen LogP contribution < -0.4 is 4.74 Å². The molecule has 0 aliphatic carbocycles. The molecule has 0 bridgehead atoms. The lowest BCUT2D eigenvalue weighted by molar-refractivity contribution is 0.188. The van der Waals surface area contributed by atoms with Crippen molar-refractivity contribution in [2.45, 2.75) is 27.2 Å². The maximum atomic E-state index is 8.67. The largest absolute Gasteiger partial charge is 0.492 e. The molecule has 1 aromatic carbocycles. The average Bonchev–Trinajstić information content (AvgIpc) is 2.39. The lowest BCUT2D eigenvalue weighted by Crippen LogP contribution is -2.32. The van der Waals surface area contributed by atoms with E-state index in [1.165, 1.54) is 0 Å². The topological polar surface area (TPSA) is 32.7 Å². The molecule has 116 valence electrons. The van der Waals surface area contributed by atoms with Crippen LogP contribution in [-0.4, -0.2) is 43.4 Å². The van der Waals surface area contributed by atoms with Gasteiger partial charge in [0.25, 0.3) is 0 Å². The highest BCUT2D eigenvalue weighted by Gasteiger charge is 2.13. The second-order valence-corrected chi connectivity index (χ2v) is 6.45. The maximum absolute atomic E-state index is 8.67. The van der Waals surface area contributed by atoms with Crippen molar-refractivity contribution in [2.24, 2.45) is 5.41 Å². The third-order valence-electron chi connectivity index (χ3n) is 2.81. The number of hydrogen-bond acceptors (Lipinski definition) is 3. The summed E-state index contributed by atoms with van der Waals surface area (Å²) in [6.07, 6.45) is 0.512. The van der Waals surface area contributed by atoms with E-state index in [0.29, 0.717) is 18.4 Å². The molecule has 1 aromatic rings. The summed E-state index contributed by atoms with van der Waals surface area (Å²) < 4.78 is 5.74. The fraction of sp³-hybridized carbons (Fsp3) is 0.556. The van der Waals surface area contributed by atoms with Crippen LogP contribution in [0, 0.1) is 17.3 Å². The van der Waals surface area contributed by atoms with Gasteiger partial charge in [-0.3, -0.25) is 0 Å². The third-order valence-corrected chi connectivity index (χ3v) is 2.81. The molecule has 0 radical (unpaired) electrons. The van der Waals surface area contributed by atoms with E-state index in [9.17, 15) is 0 Å². The van der Waals surface area contributed by atoms with Gasteiger partial charge in [0, 0.05) is 25.1 Å². The Morgan fingerprint density at radius 3 is 2.43 bits per heavy atom. The zero-order valence-electron chi connectivity index (χ0n) is 13.6. The van der Waals surface area contributed by atoms with Crippen molar-refractivity contribution >= 4 is 0 Å². The normalized spacial score (nSPS) is 11.1. The van der Waals surface area contributed by atoms with E-state index in [0.717, 1.165) is 24.4 Å². The zero-order valence-corrected chi connectivity index (χ0v) is 13.6. The summed E-state index contributed by atoms with van der Waals surface area (Å²) in [4.78, 5) is 2.29. The minimum atomic E-state index is 0.107. The predicted octanol–water partition coefficient (Wildman–Crippen LogP) is 2.78. The van der Waals surface area contributed by atoms with Crippen LogP contribution in [0.2, 0.25) is 0 Å². The first-order chi connectivity index (χ1) is 9.90. The van der Waals surface area contributed by atoms with Crippen molar-refractivity contribution in [3.8, 4) is 17.6 Å². The Morgan fingerprint density at radius 1 is 1.19 bits per heavy atom. The standard InChI is InChI=1S/C18H27NO2/c1-18(2,3)15-19(4)12-14-21-17-10-8-16(9-11-17)7-5-6-13-20/h8-11,20H,6,12-15H2,1-4H3. The number of benzene rings is 1. The summed E-state index contributed by atoms with van der Waals surface area (Å²) in [5, 5.41) is 8.67. The Labute approximate surface area is 128 Å². The van der Waals surface area contributed by atoms with Crippen LogP contribution in [0.15, 0.2) is 24.3 Å². The molecule has 1 rings (SSSR count). The molecule has 0 saturated heterocycles. The van der Waals surface area contributed by atoms with Crippen molar-refractivity contribution in [3.05, 3.63) is 29.8 Å². The molecule has 0 amide bonds. The summed E-state index contributed by atoms with van der Waals surface area (Å²) in [5.41, 5.74) is 1.25. The summed E-state index contributed by atoms with van der Waals surface area (Å²) in [6, 6.07) is 7.76. The highest BCUT2D eigenvalue weighted by atomic mass is 16.5. The van der Waals surface area contributed by atoms with Gasteiger partial charge in [-0.05, 0) is 36.7 Å². The number of likely N-dealkylation sites (N-methyl/N-ethyl adjacent to an activating group) is 1. The van der Waals surface area contributed by atoms with E-state index in [-0.39, 0.29) is 6.61 Å². The number of aliphatic hydroxyl groups is 1. The molecule has 0 aromatic heterocycles. The van der Waals surface area contributed by atoms with Crippen LogP contribution in [0.4, 0.5) is 0 Å². The Bertz CT molecular complexity index is 463. The molecule has 0 atom stereocenters. The lowest BCUT2D eigenvalue weighted by Gasteiger charge is -2.26. The second-order valence-electron chi connectivity index (χ2n) is 6.45. The van der Waals surface area contributed by atoms with Crippen LogP contribution in [0.25, 0.3) is 0 Å². The number of rotatable bonds is 6. The van der Waals surface area contributed by atoms with Gasteiger partial charge in [0.05, 0.1) is 6.61 Å². The molecule has 0 fully saturated rings. The maximum Gasteiger partial charge on any atom is 0.119 e. The smallest absolute Gasteiger partial charge is 0.119 e. The first kappa shape index (κ1) is 17.6. The Hall–Kier alpha value is -1.50. The van der Waals surface area contributed by atoms with Gasteiger partial charge in [-0.15, -0.1) is 0 Å². The summed E-state index contributed by atoms with van der Waals surface area (Å²) in [6.45, 7) is 9.46. The van der Waals surface area contributed by atoms with Gasteiger partial charge in [0.2, 0.25) is 0 Å². The molecule has 0 aliphatic heterocycles. The molecule has 0 unspecified atom stereocenters. The van der Waals surface area contributed by atoms with Crippen molar-refractivity contribution < 1.29 is 9.84 Å². The number of aliphatic hydroxyl groups excluding tert-OH is 1. The van der Waals surface area contributed by atoms with Crippen LogP contribution in [0.1, 0.15) is 32.8 Å². The fourth-order valence-corrected chi connectivity index (χ4v) is 2.06. The summed E-state index contributed by atoms with van der Waals surface area (Å²) in [5.74, 6) is 6.77. The van der Waals surface area contributed by atoms with Gasteiger partial charge in [-0.25, -0.2) is 0 Å². The van der Waals surface area contributed by atoms with E-state index >= 15 is 0 Å². The van der Waals surface area contributed by atoms with E-state index in [2.05, 4.69) is 44.6 Å². The van der Waals surface area contributed by atoms with Crippen LogP contribution in [0.3, 0.4) is 0 Å². The lowest BCUT2D eigenvalue weighted by atomic mass is 9.96. The number of nitrogens with zero attached hydrogens (tertiary/aromatic N) is 1. The van der Waals surface area contributed by atoms with E-state index in [1.807, 2.05) is 24.3 Å². The molecule has 21 heavy (non-hydrogen) atoms. The molecule has 1 N–H and O–H groups in total. The highest BCUT2D eigenvalue weighted by molar-refractivity contribution is 5.38. The third kappa shape index (κ3) is 8.39. The SMILES string of the molecule is CN(CCOc1ccc(C#CCCO)cc1)CC(C)(C)C. The number of ether oxygens (including phenoxy) is 1. The molecular formula is C18H27NO2. The van der Waals surface area contributed by atoms with Crippen molar-refractivity contribution in [1.29, 1.82) is 0 Å². The van der Waals surface area contributed by atoms with Gasteiger partial charge in [-0.1, -0.05) is 32.6 Å². The fourth-order valence-electron chi connectivity index (χ4n) is 2.06. The van der Waals surface area contributed by atoms with E-state index in [1.54, 1.807) is 0 Å². The van der Waals surface area contributed by atoms with Gasteiger partial charge < -0.3 is 14.7 Å². The number of hydrogen-bond donors (Lipinski definition) is 1. The molecule has 3 nitrogen and oxygen atoms in total. The Morgan fingerprint density at radius 2 is 1.86 bits per heavy atom. The highest BCUT2D eigenvalue weighted by Crippen LogP contribution is 2.14. The van der Waals surface area contributed by atoms with Crippen molar-refractivity contribution in [1.82, 2.24) is 4.90 Å². The molecular weight excluding hydrogens is 262 g/mol. The van der Waals surface area contributed by atoms with Crippen LogP contribution in [-0.2, 0) is 0 Å². The summed E-state index contributed by atoms with van der Waals surface area (Å²) >= 11 is 0. The van der Waals surface area contributed by atoms with Crippen LogP contribution in [0.5, 0.6) is 5.75 Å². The monoisotopic (exact) mass is 289 g/mol. The van der Waals surface area contributed by atoms with Crippen LogP contribution >= 0.6 is 0 Å². The van der Waals surface area contributed by atoms with Gasteiger partial charge in [-0.2, -0.15) is 0 Å². The van der Waals surface area contributed by atoms with E-state index in [4.69, 9.17) is 9.84 Å². The minimum absolute atomic E-state index is 0.107. The minimum Gasteiger partial charge on any atom is -0.492 e. The molecule has 0 aliphatic rings. The Kier molecular flexibility index (Phi) is 7.28. The van der Waals surface area contributed by atoms with Crippen molar-refractivity contribution in [3.63, 3.8) is 0 Å². The molecule has 0 saturated carbocycles. The molecule has 3 heteroatoms. The van der Waals surface area contributed by atoms with Gasteiger partial charge >= 0.3 is 0 Å². The Balaban J connectivity index is 2.35. The zero-order chi connectivity index (χ0) is 15.7. The van der Waals surface area contributed by atoms with Gasteiger partial charge in [0.15, 0.2) is 0 Å². The van der Waals surface area contributed by atoms with Gasteiger partial charge in [0.1, 0.15) is 12.4 Å². The first-order valence-corrected chi connectivity index (χ1v) is 7.42. The molecule has 0 spiro atoms. The van der Waals surface area contributed by atoms with E-state index < -0.39 is 0 Å². The quantitative estimate of drug-likeness (QED) is 0.817. The predicted molar refractivity (Wildman–Crippen MR) is 87.5 cm³/mol. The average molecular weight is 289 g/mol.